The minimum Gasteiger partial charge on any atom is -0.496 e. The van der Waals surface area contributed by atoms with Crippen LogP contribution in [0.4, 0.5) is 13.2 Å². The molecule has 0 aliphatic rings. The number of carbonyl (C=O) groups excluding carboxylic acids is 1. The van der Waals surface area contributed by atoms with E-state index in [1.807, 2.05) is 13.0 Å². The molecule has 0 bridgehead atoms. The Hall–Kier alpha value is -2.08. The highest BCUT2D eigenvalue weighted by molar-refractivity contribution is 9.10. The summed E-state index contributed by atoms with van der Waals surface area (Å²) in [5.41, 5.74) is 0.619. The number of aldehydes is 1. The standard InChI is InChI=1S/C18H14BrF3O2/c1-11-12(4-3-5-16(11)19)6-7-13-9-17(24-2)14(10-23)8-15(13)18(20,21)22/h3-10H,1-2H3. The number of benzene rings is 2. The van der Waals surface area contributed by atoms with Crippen molar-refractivity contribution >= 4 is 34.4 Å². The van der Waals surface area contributed by atoms with Crippen molar-refractivity contribution in [1.82, 2.24) is 0 Å². The van der Waals surface area contributed by atoms with Gasteiger partial charge in [-0.05, 0) is 41.8 Å². The van der Waals surface area contributed by atoms with Crippen LogP contribution in [0.25, 0.3) is 12.2 Å². The van der Waals surface area contributed by atoms with Crippen molar-refractivity contribution in [2.75, 3.05) is 7.11 Å². The number of carbonyl (C=O) groups is 1. The van der Waals surface area contributed by atoms with Crippen molar-refractivity contribution in [3.8, 4) is 5.75 Å². The molecule has 0 aromatic heterocycles. The van der Waals surface area contributed by atoms with Crippen molar-refractivity contribution in [2.45, 2.75) is 13.1 Å². The summed E-state index contributed by atoms with van der Waals surface area (Å²) in [4.78, 5) is 11.0. The predicted octanol–water partition coefficient (Wildman–Crippen LogP) is 5.77. The van der Waals surface area contributed by atoms with Gasteiger partial charge in [0.15, 0.2) is 6.29 Å². The molecule has 0 saturated heterocycles. The van der Waals surface area contributed by atoms with E-state index in [0.717, 1.165) is 21.7 Å². The molecule has 0 atom stereocenters. The van der Waals surface area contributed by atoms with Gasteiger partial charge in [-0.25, -0.2) is 0 Å². The topological polar surface area (TPSA) is 26.3 Å². The molecule has 6 heteroatoms. The van der Waals surface area contributed by atoms with E-state index >= 15 is 0 Å². The Morgan fingerprint density at radius 1 is 1.08 bits per heavy atom. The van der Waals surface area contributed by atoms with Crippen LogP contribution >= 0.6 is 15.9 Å². The van der Waals surface area contributed by atoms with Gasteiger partial charge in [0, 0.05) is 4.47 Å². The predicted molar refractivity (Wildman–Crippen MR) is 91.2 cm³/mol. The van der Waals surface area contributed by atoms with Gasteiger partial charge in [0.25, 0.3) is 0 Å². The van der Waals surface area contributed by atoms with Crippen LogP contribution in [0.5, 0.6) is 5.75 Å². The zero-order valence-corrected chi connectivity index (χ0v) is 14.5. The van der Waals surface area contributed by atoms with E-state index in [9.17, 15) is 18.0 Å². The van der Waals surface area contributed by atoms with Gasteiger partial charge in [-0.1, -0.05) is 40.2 Å². The maximum Gasteiger partial charge on any atom is 0.417 e. The first-order valence-electron chi connectivity index (χ1n) is 6.95. The second-order valence-electron chi connectivity index (χ2n) is 5.08. The van der Waals surface area contributed by atoms with E-state index < -0.39 is 11.7 Å². The summed E-state index contributed by atoms with van der Waals surface area (Å²) in [6.07, 6.45) is -1.25. The number of halogens is 4. The van der Waals surface area contributed by atoms with Crippen molar-refractivity contribution in [2.24, 2.45) is 0 Å². The van der Waals surface area contributed by atoms with Crippen molar-refractivity contribution in [3.63, 3.8) is 0 Å². The maximum atomic E-state index is 13.3. The van der Waals surface area contributed by atoms with Crippen molar-refractivity contribution < 1.29 is 22.7 Å². The first-order valence-corrected chi connectivity index (χ1v) is 7.75. The minimum absolute atomic E-state index is 0.0654. The highest BCUT2D eigenvalue weighted by Crippen LogP contribution is 2.36. The lowest BCUT2D eigenvalue weighted by Gasteiger charge is -2.14. The molecule has 0 saturated carbocycles. The molecule has 0 aliphatic heterocycles. The maximum absolute atomic E-state index is 13.3. The summed E-state index contributed by atoms with van der Waals surface area (Å²) in [6.45, 7) is 1.87. The molecular weight excluding hydrogens is 385 g/mol. The Balaban J connectivity index is 2.58. The van der Waals surface area contributed by atoms with E-state index in [1.54, 1.807) is 18.2 Å². The number of ether oxygens (including phenoxy) is 1. The Labute approximate surface area is 146 Å². The third kappa shape index (κ3) is 3.87. The number of hydrogen-bond donors (Lipinski definition) is 0. The zero-order valence-electron chi connectivity index (χ0n) is 12.9. The van der Waals surface area contributed by atoms with E-state index in [4.69, 9.17) is 4.74 Å². The SMILES string of the molecule is COc1cc(C=Cc2cccc(Br)c2C)c(C(F)(F)F)cc1C=O. The molecule has 2 aromatic rings. The fraction of sp³-hybridized carbons (Fsp3) is 0.167. The third-order valence-corrected chi connectivity index (χ3v) is 4.45. The monoisotopic (exact) mass is 398 g/mol. The number of alkyl halides is 3. The van der Waals surface area contributed by atoms with Crippen LogP contribution in [-0.4, -0.2) is 13.4 Å². The summed E-state index contributed by atoms with van der Waals surface area (Å²) in [5, 5.41) is 0. The largest absolute Gasteiger partial charge is 0.496 e. The van der Waals surface area contributed by atoms with E-state index in [2.05, 4.69) is 15.9 Å². The van der Waals surface area contributed by atoms with Gasteiger partial charge < -0.3 is 4.74 Å². The number of hydrogen-bond acceptors (Lipinski definition) is 2. The molecule has 2 aromatic carbocycles. The molecule has 0 heterocycles. The minimum atomic E-state index is -4.57. The highest BCUT2D eigenvalue weighted by Gasteiger charge is 2.33. The summed E-state index contributed by atoms with van der Waals surface area (Å²) in [7, 11) is 1.31. The van der Waals surface area contributed by atoms with Crippen LogP contribution in [0.3, 0.4) is 0 Å². The molecule has 0 unspecified atom stereocenters. The smallest absolute Gasteiger partial charge is 0.417 e. The lowest BCUT2D eigenvalue weighted by molar-refractivity contribution is -0.137. The molecule has 24 heavy (non-hydrogen) atoms. The number of methoxy groups -OCH3 is 1. The van der Waals surface area contributed by atoms with Crippen LogP contribution in [0.15, 0.2) is 34.8 Å². The quantitative estimate of drug-likeness (QED) is 0.482. The summed E-state index contributed by atoms with van der Waals surface area (Å²) in [5.74, 6) is 0.101. The average Bonchev–Trinajstić information content (AvgIpc) is 2.54. The first kappa shape index (κ1) is 18.3. The molecule has 0 radical (unpaired) electrons. The van der Waals surface area contributed by atoms with Gasteiger partial charge in [-0.3, -0.25) is 4.79 Å². The van der Waals surface area contributed by atoms with Crippen LogP contribution in [-0.2, 0) is 6.18 Å². The van der Waals surface area contributed by atoms with Gasteiger partial charge in [0.2, 0.25) is 0 Å². The Bertz CT molecular complexity index is 796. The van der Waals surface area contributed by atoms with Crippen LogP contribution in [0.1, 0.15) is 32.6 Å². The van der Waals surface area contributed by atoms with E-state index in [1.165, 1.54) is 19.3 Å². The van der Waals surface area contributed by atoms with Crippen LogP contribution in [0, 0.1) is 6.92 Å². The second-order valence-corrected chi connectivity index (χ2v) is 5.94. The van der Waals surface area contributed by atoms with Gasteiger partial charge >= 0.3 is 6.18 Å². The molecule has 0 fully saturated rings. The van der Waals surface area contributed by atoms with Gasteiger partial charge in [-0.15, -0.1) is 0 Å². The summed E-state index contributed by atoms with van der Waals surface area (Å²) < 4.78 is 45.7. The second kappa shape index (κ2) is 7.21. The Morgan fingerprint density at radius 2 is 1.75 bits per heavy atom. The molecule has 2 nitrogen and oxygen atoms in total. The van der Waals surface area contributed by atoms with Crippen LogP contribution < -0.4 is 4.74 Å². The summed E-state index contributed by atoms with van der Waals surface area (Å²) >= 11 is 3.39. The fourth-order valence-corrected chi connectivity index (χ4v) is 2.63. The number of rotatable bonds is 4. The molecule has 0 aliphatic carbocycles. The van der Waals surface area contributed by atoms with Crippen molar-refractivity contribution in [1.29, 1.82) is 0 Å². The molecule has 0 spiro atoms. The van der Waals surface area contributed by atoms with Crippen molar-refractivity contribution in [3.05, 3.63) is 62.6 Å². The molecule has 0 amide bonds. The Kier molecular flexibility index (Phi) is 5.49. The normalized spacial score (nSPS) is 11.8. The molecular formula is C18H14BrF3O2. The average molecular weight is 399 g/mol. The van der Waals surface area contributed by atoms with Gasteiger partial charge in [0.05, 0.1) is 18.2 Å². The van der Waals surface area contributed by atoms with E-state index in [-0.39, 0.29) is 16.9 Å². The van der Waals surface area contributed by atoms with Gasteiger partial charge in [0.1, 0.15) is 5.75 Å². The lowest BCUT2D eigenvalue weighted by Crippen LogP contribution is -2.09. The molecule has 126 valence electrons. The summed E-state index contributed by atoms with van der Waals surface area (Å²) in [6, 6.07) is 7.49. The lowest BCUT2D eigenvalue weighted by atomic mass is 10.0. The van der Waals surface area contributed by atoms with Gasteiger partial charge in [-0.2, -0.15) is 13.2 Å². The Morgan fingerprint density at radius 3 is 2.33 bits per heavy atom. The highest BCUT2D eigenvalue weighted by atomic mass is 79.9. The van der Waals surface area contributed by atoms with E-state index in [0.29, 0.717) is 6.29 Å². The first-order chi connectivity index (χ1) is 11.3. The third-order valence-electron chi connectivity index (χ3n) is 3.59. The fourth-order valence-electron chi connectivity index (χ4n) is 2.25. The molecule has 0 N–H and O–H groups in total. The zero-order chi connectivity index (χ0) is 17.9. The molecule has 2 rings (SSSR count). The van der Waals surface area contributed by atoms with Crippen LogP contribution in [0.2, 0.25) is 0 Å².